The first-order chi connectivity index (χ1) is 9.76. The van der Waals surface area contributed by atoms with Gasteiger partial charge in [0.15, 0.2) is 0 Å². The van der Waals surface area contributed by atoms with Crippen molar-refractivity contribution >= 4 is 11.6 Å². The average Bonchev–Trinajstić information content (AvgIpc) is 2.87. The molecule has 0 spiro atoms. The molecule has 6 heteroatoms. The van der Waals surface area contributed by atoms with E-state index in [0.29, 0.717) is 5.02 Å². The minimum absolute atomic E-state index is 0.121. The van der Waals surface area contributed by atoms with Crippen LogP contribution in [0.2, 0.25) is 5.02 Å². The second-order valence-corrected chi connectivity index (χ2v) is 5.02. The first-order valence-corrected chi connectivity index (χ1v) is 7.33. The van der Waals surface area contributed by atoms with E-state index in [1.54, 1.807) is 18.7 Å². The topological polar surface area (TPSA) is 55.6 Å². The van der Waals surface area contributed by atoms with Gasteiger partial charge in [0.05, 0.1) is 5.02 Å². The highest BCUT2D eigenvalue weighted by molar-refractivity contribution is 6.31. The van der Waals surface area contributed by atoms with Crippen molar-refractivity contribution in [2.45, 2.75) is 39.3 Å². The molecule has 1 atom stereocenters. The molecule has 0 fully saturated rings. The monoisotopic (exact) mass is 293 g/mol. The summed E-state index contributed by atoms with van der Waals surface area (Å²) in [5.74, 6) is 0.977. The second-order valence-electron chi connectivity index (χ2n) is 4.61. The zero-order valence-corrected chi connectivity index (χ0v) is 12.6. The summed E-state index contributed by atoms with van der Waals surface area (Å²) in [5.41, 5.74) is 1.05. The lowest BCUT2D eigenvalue weighted by Gasteiger charge is -2.19. The van der Waals surface area contributed by atoms with E-state index in [1.807, 2.05) is 10.7 Å². The molecule has 2 aromatic heterocycles. The summed E-state index contributed by atoms with van der Waals surface area (Å²) >= 11 is 6.25. The van der Waals surface area contributed by atoms with Crippen LogP contribution >= 0.6 is 11.6 Å². The molecule has 0 amide bonds. The van der Waals surface area contributed by atoms with Crippen LogP contribution in [0.25, 0.3) is 0 Å². The van der Waals surface area contributed by atoms with Crippen molar-refractivity contribution in [2.75, 3.05) is 6.54 Å². The van der Waals surface area contributed by atoms with E-state index >= 15 is 0 Å². The number of hydrogen-bond donors (Lipinski definition) is 1. The van der Waals surface area contributed by atoms with Crippen LogP contribution in [0.5, 0.6) is 0 Å². The summed E-state index contributed by atoms with van der Waals surface area (Å²) in [7, 11) is 0. The molecule has 2 aromatic rings. The Morgan fingerprint density at radius 1 is 1.40 bits per heavy atom. The largest absolute Gasteiger partial charge is 0.310 e. The van der Waals surface area contributed by atoms with Crippen molar-refractivity contribution in [2.24, 2.45) is 0 Å². The van der Waals surface area contributed by atoms with Crippen LogP contribution in [-0.4, -0.2) is 26.3 Å². The van der Waals surface area contributed by atoms with E-state index in [0.717, 1.165) is 37.3 Å². The maximum Gasteiger partial charge on any atom is 0.138 e. The Morgan fingerprint density at radius 3 is 2.95 bits per heavy atom. The van der Waals surface area contributed by atoms with Gasteiger partial charge in [-0.2, -0.15) is 5.10 Å². The van der Waals surface area contributed by atoms with Crippen molar-refractivity contribution in [1.29, 1.82) is 0 Å². The molecule has 0 saturated carbocycles. The van der Waals surface area contributed by atoms with Gasteiger partial charge in [-0.15, -0.1) is 0 Å². The van der Waals surface area contributed by atoms with Gasteiger partial charge < -0.3 is 5.32 Å². The van der Waals surface area contributed by atoms with Crippen molar-refractivity contribution in [3.05, 3.63) is 41.2 Å². The molecule has 0 radical (unpaired) electrons. The lowest BCUT2D eigenvalue weighted by Crippen LogP contribution is -2.25. The number of nitrogens with one attached hydrogen (secondary N) is 1. The number of likely N-dealkylation sites (N-methyl/N-ethyl adjacent to an activating group) is 1. The molecular weight excluding hydrogens is 274 g/mol. The van der Waals surface area contributed by atoms with Crippen molar-refractivity contribution in [1.82, 2.24) is 25.1 Å². The van der Waals surface area contributed by atoms with Gasteiger partial charge in [0.1, 0.15) is 12.2 Å². The maximum atomic E-state index is 6.25. The highest BCUT2D eigenvalue weighted by atomic mass is 35.5. The molecule has 2 heterocycles. The van der Waals surface area contributed by atoms with Gasteiger partial charge in [0.2, 0.25) is 0 Å². The molecule has 0 aliphatic rings. The fourth-order valence-corrected chi connectivity index (χ4v) is 2.49. The summed E-state index contributed by atoms with van der Waals surface area (Å²) in [6.07, 6.45) is 6.86. The van der Waals surface area contributed by atoms with E-state index in [1.165, 1.54) is 0 Å². The van der Waals surface area contributed by atoms with Gasteiger partial charge >= 0.3 is 0 Å². The number of halogens is 1. The molecule has 5 nitrogen and oxygen atoms in total. The molecular formula is C14H20ClN5. The second kappa shape index (κ2) is 7.36. The van der Waals surface area contributed by atoms with Crippen LogP contribution in [0.3, 0.4) is 0 Å². The van der Waals surface area contributed by atoms with Gasteiger partial charge in [0.25, 0.3) is 0 Å². The molecule has 1 unspecified atom stereocenters. The van der Waals surface area contributed by atoms with Crippen molar-refractivity contribution in [3.8, 4) is 0 Å². The zero-order chi connectivity index (χ0) is 14.4. The third-order valence-electron chi connectivity index (χ3n) is 3.15. The Labute approximate surface area is 124 Å². The number of pyridine rings is 1. The van der Waals surface area contributed by atoms with Crippen LogP contribution < -0.4 is 5.32 Å². The third-order valence-corrected chi connectivity index (χ3v) is 3.46. The summed E-state index contributed by atoms with van der Waals surface area (Å²) in [6.45, 7) is 5.97. The molecule has 0 aliphatic heterocycles. The number of aryl methyl sites for hydroxylation is 1. The number of rotatable bonds is 7. The van der Waals surface area contributed by atoms with E-state index < -0.39 is 0 Å². The van der Waals surface area contributed by atoms with Gasteiger partial charge in [-0.05, 0) is 24.6 Å². The van der Waals surface area contributed by atoms with E-state index in [-0.39, 0.29) is 6.04 Å². The molecule has 0 aromatic carbocycles. The molecule has 108 valence electrons. The highest BCUT2D eigenvalue weighted by Crippen LogP contribution is 2.24. The molecule has 0 bridgehead atoms. The van der Waals surface area contributed by atoms with E-state index in [4.69, 9.17) is 11.6 Å². The first-order valence-electron chi connectivity index (χ1n) is 6.95. The highest BCUT2D eigenvalue weighted by Gasteiger charge is 2.17. The normalized spacial score (nSPS) is 12.6. The lowest BCUT2D eigenvalue weighted by atomic mass is 10.0. The number of nitrogens with zero attached hydrogens (tertiary/aromatic N) is 4. The SMILES string of the molecule is CCCn1ncnc1CC(NCC)c1ccncc1Cl. The molecule has 2 rings (SSSR count). The van der Waals surface area contributed by atoms with Crippen LogP contribution in [0.15, 0.2) is 24.8 Å². The van der Waals surface area contributed by atoms with E-state index in [2.05, 4.69) is 34.2 Å². The molecule has 0 aliphatic carbocycles. The average molecular weight is 294 g/mol. The van der Waals surface area contributed by atoms with Crippen molar-refractivity contribution in [3.63, 3.8) is 0 Å². The fraction of sp³-hybridized carbons (Fsp3) is 0.500. The summed E-state index contributed by atoms with van der Waals surface area (Å²) in [6, 6.07) is 2.08. The Kier molecular flexibility index (Phi) is 5.49. The van der Waals surface area contributed by atoms with Gasteiger partial charge in [-0.1, -0.05) is 25.4 Å². The smallest absolute Gasteiger partial charge is 0.138 e. The quantitative estimate of drug-likeness (QED) is 0.852. The van der Waals surface area contributed by atoms with Crippen LogP contribution in [0.1, 0.15) is 37.7 Å². The van der Waals surface area contributed by atoms with Gasteiger partial charge in [-0.3, -0.25) is 9.67 Å². The zero-order valence-electron chi connectivity index (χ0n) is 11.9. The molecule has 1 N–H and O–H groups in total. The lowest BCUT2D eigenvalue weighted by molar-refractivity contribution is 0.498. The Balaban J connectivity index is 2.21. The Morgan fingerprint density at radius 2 is 2.25 bits per heavy atom. The Hall–Kier alpha value is -1.46. The van der Waals surface area contributed by atoms with E-state index in [9.17, 15) is 0 Å². The Bertz CT molecular complexity index is 540. The van der Waals surface area contributed by atoms with Crippen LogP contribution in [0, 0.1) is 0 Å². The summed E-state index contributed by atoms with van der Waals surface area (Å²) < 4.78 is 1.96. The summed E-state index contributed by atoms with van der Waals surface area (Å²) in [5, 5.41) is 8.40. The minimum Gasteiger partial charge on any atom is -0.310 e. The minimum atomic E-state index is 0.121. The standard InChI is InChI=1S/C14H20ClN5/c1-3-7-20-14(18-10-19-20)8-13(17-4-2)11-5-6-16-9-12(11)15/h5-6,9-10,13,17H,3-4,7-8H2,1-2H3. The predicted molar refractivity (Wildman–Crippen MR) is 79.7 cm³/mol. The molecule has 20 heavy (non-hydrogen) atoms. The first kappa shape index (κ1) is 14.9. The van der Waals surface area contributed by atoms with Crippen LogP contribution in [0.4, 0.5) is 0 Å². The van der Waals surface area contributed by atoms with Crippen molar-refractivity contribution < 1.29 is 0 Å². The maximum absolute atomic E-state index is 6.25. The van der Waals surface area contributed by atoms with Crippen LogP contribution in [-0.2, 0) is 13.0 Å². The summed E-state index contributed by atoms with van der Waals surface area (Å²) in [4.78, 5) is 8.40. The van der Waals surface area contributed by atoms with Gasteiger partial charge in [0, 0.05) is 31.4 Å². The van der Waals surface area contributed by atoms with Gasteiger partial charge in [-0.25, -0.2) is 4.98 Å². The molecule has 0 saturated heterocycles. The third kappa shape index (κ3) is 3.55. The fourth-order valence-electron chi connectivity index (χ4n) is 2.23. The number of aromatic nitrogens is 4. The number of hydrogen-bond acceptors (Lipinski definition) is 4. The predicted octanol–water partition coefficient (Wildman–Crippen LogP) is 2.63.